The summed E-state index contributed by atoms with van der Waals surface area (Å²) < 4.78 is 15.1. The topological polar surface area (TPSA) is 65.7 Å². The van der Waals surface area contributed by atoms with E-state index in [1.165, 1.54) is 19.9 Å². The lowest BCUT2D eigenvalue weighted by Crippen LogP contribution is -2.16. The molecule has 0 bridgehead atoms. The van der Waals surface area contributed by atoms with Crippen molar-refractivity contribution in [1.82, 2.24) is 14.0 Å². The Hall–Kier alpha value is -2.52. The second-order valence-electron chi connectivity index (χ2n) is 10.8. The standard InChI is InChI=1S/C17H23ClN2O2.C14H15BrClNO2.2CH4/c1-10(2)20-14-8-12(18)7-13(17(21)22-6)16(14)11(3)15(20)9-19(4)5;1-7(2)17-11-6-9(16)5-10(14(18)19-4)12(11)8(3)13(17)15;;/h7-8,10H,9H2,1-6H3;5-7H,1-4H3;2*1H4. The second kappa shape index (κ2) is 15.5. The smallest absolute Gasteiger partial charge is 0.338 e. The summed E-state index contributed by atoms with van der Waals surface area (Å²) in [7, 11) is 6.84. The number of carbonyl (C=O) groups is 2. The molecule has 0 spiro atoms. The summed E-state index contributed by atoms with van der Waals surface area (Å²) in [5, 5.41) is 2.89. The Morgan fingerprint density at radius 3 is 1.56 bits per heavy atom. The lowest BCUT2D eigenvalue weighted by Gasteiger charge is -2.18. The molecule has 2 aromatic carbocycles. The molecule has 43 heavy (non-hydrogen) atoms. The molecule has 0 N–H and O–H groups in total. The minimum atomic E-state index is -0.371. The molecular formula is C33H46BrCl2N3O4. The van der Waals surface area contributed by atoms with E-state index in [0.29, 0.717) is 21.2 Å². The highest BCUT2D eigenvalue weighted by molar-refractivity contribution is 9.10. The molecule has 2 heterocycles. The van der Waals surface area contributed by atoms with Gasteiger partial charge in [-0.15, -0.1) is 0 Å². The minimum Gasteiger partial charge on any atom is -0.465 e. The maximum absolute atomic E-state index is 12.1. The number of esters is 2. The summed E-state index contributed by atoms with van der Waals surface area (Å²) in [5.41, 5.74) is 6.27. The first-order valence-electron chi connectivity index (χ1n) is 13.3. The Morgan fingerprint density at radius 1 is 0.791 bits per heavy atom. The molecule has 7 nitrogen and oxygen atoms in total. The summed E-state index contributed by atoms with van der Waals surface area (Å²) in [6.45, 7) is 13.3. The van der Waals surface area contributed by atoms with Gasteiger partial charge in [-0.25, -0.2) is 9.59 Å². The lowest BCUT2D eigenvalue weighted by atomic mass is 10.1. The number of aryl methyl sites for hydroxylation is 2. The predicted molar refractivity (Wildman–Crippen MR) is 185 cm³/mol. The number of aromatic nitrogens is 2. The van der Waals surface area contributed by atoms with E-state index in [0.717, 1.165) is 44.1 Å². The van der Waals surface area contributed by atoms with Gasteiger partial charge in [-0.1, -0.05) is 38.1 Å². The van der Waals surface area contributed by atoms with Crippen LogP contribution in [0.5, 0.6) is 0 Å². The van der Waals surface area contributed by atoms with Crippen LogP contribution in [0.2, 0.25) is 10.0 Å². The number of benzene rings is 2. The molecule has 4 aromatic rings. The first-order chi connectivity index (χ1) is 19.2. The van der Waals surface area contributed by atoms with Crippen molar-refractivity contribution in [2.75, 3.05) is 28.3 Å². The van der Waals surface area contributed by atoms with Crippen LogP contribution in [0.1, 0.15) is 92.2 Å². The van der Waals surface area contributed by atoms with Crippen molar-refractivity contribution >= 4 is 72.9 Å². The number of fused-ring (bicyclic) bond motifs is 2. The van der Waals surface area contributed by atoms with Crippen LogP contribution in [0.3, 0.4) is 0 Å². The summed E-state index contributed by atoms with van der Waals surface area (Å²) in [4.78, 5) is 26.2. The van der Waals surface area contributed by atoms with Crippen LogP contribution in [0.15, 0.2) is 28.9 Å². The number of carbonyl (C=O) groups excluding carboxylic acids is 2. The van der Waals surface area contributed by atoms with Crippen molar-refractivity contribution in [1.29, 1.82) is 0 Å². The van der Waals surface area contributed by atoms with E-state index in [4.69, 9.17) is 32.7 Å². The average Bonchev–Trinajstić information content (AvgIpc) is 3.31. The van der Waals surface area contributed by atoms with Crippen LogP contribution in [0, 0.1) is 13.8 Å². The molecule has 0 unspecified atom stereocenters. The zero-order valence-corrected chi connectivity index (χ0v) is 28.4. The van der Waals surface area contributed by atoms with Crippen LogP contribution in [0.4, 0.5) is 0 Å². The van der Waals surface area contributed by atoms with Crippen LogP contribution in [0.25, 0.3) is 21.8 Å². The van der Waals surface area contributed by atoms with E-state index in [1.807, 2.05) is 33.2 Å². The van der Waals surface area contributed by atoms with E-state index < -0.39 is 0 Å². The van der Waals surface area contributed by atoms with Crippen molar-refractivity contribution in [3.63, 3.8) is 0 Å². The molecule has 0 aliphatic rings. The monoisotopic (exact) mass is 697 g/mol. The van der Waals surface area contributed by atoms with E-state index >= 15 is 0 Å². The van der Waals surface area contributed by atoms with Gasteiger partial charge in [0.05, 0.1) is 41.0 Å². The van der Waals surface area contributed by atoms with Crippen molar-refractivity contribution in [2.45, 2.75) is 75.0 Å². The van der Waals surface area contributed by atoms with Crippen molar-refractivity contribution in [3.05, 3.63) is 66.9 Å². The zero-order chi connectivity index (χ0) is 30.9. The fourth-order valence-corrected chi connectivity index (χ4v) is 6.57. The number of methoxy groups -OCH3 is 2. The molecule has 10 heteroatoms. The van der Waals surface area contributed by atoms with Crippen LogP contribution < -0.4 is 0 Å². The van der Waals surface area contributed by atoms with Crippen molar-refractivity contribution in [3.8, 4) is 0 Å². The molecule has 0 fully saturated rings. The van der Waals surface area contributed by atoms with Gasteiger partial charge < -0.3 is 23.5 Å². The number of hydrogen-bond donors (Lipinski definition) is 0. The van der Waals surface area contributed by atoms with Gasteiger partial charge >= 0.3 is 11.9 Å². The maximum atomic E-state index is 12.1. The van der Waals surface area contributed by atoms with Crippen molar-refractivity contribution in [2.24, 2.45) is 0 Å². The van der Waals surface area contributed by atoms with Gasteiger partial charge in [0.25, 0.3) is 0 Å². The first-order valence-corrected chi connectivity index (χ1v) is 14.8. The van der Waals surface area contributed by atoms with Crippen molar-refractivity contribution < 1.29 is 19.1 Å². The number of ether oxygens (including phenoxy) is 2. The van der Waals surface area contributed by atoms with E-state index in [-0.39, 0.29) is 38.9 Å². The third-order valence-electron chi connectivity index (χ3n) is 6.99. The summed E-state index contributed by atoms with van der Waals surface area (Å²) in [6.07, 6.45) is 0. The summed E-state index contributed by atoms with van der Waals surface area (Å²) in [5.74, 6) is -0.725. The highest BCUT2D eigenvalue weighted by Gasteiger charge is 2.23. The van der Waals surface area contributed by atoms with E-state index in [9.17, 15) is 9.59 Å². The van der Waals surface area contributed by atoms with E-state index in [2.05, 4.69) is 64.6 Å². The van der Waals surface area contributed by atoms with E-state index in [1.54, 1.807) is 12.1 Å². The zero-order valence-electron chi connectivity index (χ0n) is 25.3. The number of halogens is 3. The molecule has 0 saturated carbocycles. The Bertz CT molecular complexity index is 1620. The quantitative estimate of drug-likeness (QED) is 0.188. The predicted octanol–water partition coefficient (Wildman–Crippen LogP) is 10.0. The highest BCUT2D eigenvalue weighted by Crippen LogP contribution is 2.37. The number of nitrogens with zero attached hydrogens (tertiary/aromatic N) is 3. The third-order valence-corrected chi connectivity index (χ3v) is 8.40. The molecule has 0 atom stereocenters. The van der Waals surface area contributed by atoms with Crippen LogP contribution in [-0.2, 0) is 16.0 Å². The number of rotatable bonds is 6. The molecule has 238 valence electrons. The molecule has 0 aliphatic heterocycles. The van der Waals surface area contributed by atoms with Gasteiger partial charge in [0, 0.05) is 45.1 Å². The average molecular weight is 700 g/mol. The number of hydrogen-bond acceptors (Lipinski definition) is 5. The van der Waals surface area contributed by atoms with Gasteiger partial charge in [-0.2, -0.15) is 0 Å². The molecule has 0 radical (unpaired) electrons. The van der Waals surface area contributed by atoms with Gasteiger partial charge in [0.1, 0.15) is 0 Å². The van der Waals surface area contributed by atoms with Crippen LogP contribution in [-0.4, -0.2) is 54.3 Å². The molecule has 4 rings (SSSR count). The molecule has 0 amide bonds. The lowest BCUT2D eigenvalue weighted by molar-refractivity contribution is 0.0594. The first kappa shape index (κ1) is 38.5. The maximum Gasteiger partial charge on any atom is 0.338 e. The Balaban J connectivity index is 0.000000415. The van der Waals surface area contributed by atoms with Gasteiger partial charge in [0.15, 0.2) is 0 Å². The van der Waals surface area contributed by atoms with Gasteiger partial charge in [-0.3, -0.25) is 0 Å². The molecule has 0 aliphatic carbocycles. The van der Waals surface area contributed by atoms with Gasteiger partial charge in [0.2, 0.25) is 0 Å². The normalized spacial score (nSPS) is 11.0. The summed E-state index contributed by atoms with van der Waals surface area (Å²) in [6, 6.07) is 7.67. The Kier molecular flexibility index (Phi) is 13.8. The molecule has 0 saturated heterocycles. The fourth-order valence-electron chi connectivity index (χ4n) is 5.34. The largest absolute Gasteiger partial charge is 0.465 e. The minimum absolute atomic E-state index is 0. The Labute approximate surface area is 275 Å². The second-order valence-corrected chi connectivity index (χ2v) is 12.5. The summed E-state index contributed by atoms with van der Waals surface area (Å²) >= 11 is 16.0. The van der Waals surface area contributed by atoms with Gasteiger partial charge in [-0.05, 0) is 107 Å². The molecule has 2 aromatic heterocycles. The van der Waals surface area contributed by atoms with Crippen LogP contribution >= 0.6 is 39.1 Å². The SMILES string of the molecule is C.C.COC(=O)c1cc(Cl)cc2c1c(C)c(Br)n2C(C)C.COC(=O)c1cc(Cl)cc2c1c(C)c(CN(C)C)n2C(C)C. The highest BCUT2D eigenvalue weighted by atomic mass is 79.9. The Morgan fingerprint density at radius 2 is 1.19 bits per heavy atom. The fraction of sp³-hybridized carbons (Fsp3) is 0.455. The third kappa shape index (κ3) is 7.59. The molecular weight excluding hydrogens is 653 g/mol.